The third-order valence-electron chi connectivity index (χ3n) is 2.19. The zero-order chi connectivity index (χ0) is 9.54. The lowest BCUT2D eigenvalue weighted by molar-refractivity contribution is 0.559. The van der Waals surface area contributed by atoms with Crippen LogP contribution >= 0.6 is 37.2 Å². The molecule has 3 rings (SSSR count). The molecule has 0 radical (unpaired) electrons. The molecule has 2 heterocycles. The molecule has 2 aromatic heterocycles. The second-order valence-corrected chi connectivity index (χ2v) is 3.10. The van der Waals surface area contributed by atoms with Crippen molar-refractivity contribution in [2.75, 3.05) is 0 Å². The van der Waals surface area contributed by atoms with E-state index in [2.05, 4.69) is 0 Å². The van der Waals surface area contributed by atoms with Crippen LogP contribution in [0.5, 0.6) is 0 Å². The van der Waals surface area contributed by atoms with Crippen LogP contribution in [0.15, 0.2) is 50.2 Å². The molecule has 3 aromatic rings. The maximum Gasteiger partial charge on any atom is 0.336 e. The molecule has 0 unspecified atom stereocenters. The summed E-state index contributed by atoms with van der Waals surface area (Å²) in [6.45, 7) is 0. The second kappa shape index (κ2) is 5.96. The molecule has 0 N–H and O–H groups in total. The first-order valence-corrected chi connectivity index (χ1v) is 4.24. The number of benzene rings is 1. The molecule has 0 fully saturated rings. The highest BCUT2D eigenvalue weighted by Crippen LogP contribution is 2.22. The Bertz CT molecular complexity index is 672. The van der Waals surface area contributed by atoms with Gasteiger partial charge in [0.2, 0.25) is 0 Å². The summed E-state index contributed by atoms with van der Waals surface area (Å²) >= 11 is 0. The number of fused-ring (bicyclic) bond motifs is 2. The molecule has 1 aromatic carbocycles. The van der Waals surface area contributed by atoms with Crippen LogP contribution in [-0.2, 0) is 0 Å². The number of halogens is 3. The first-order chi connectivity index (χ1) is 6.83. The first kappa shape index (κ1) is 15.8. The maximum atomic E-state index is 11.0. The van der Waals surface area contributed by atoms with Gasteiger partial charge in [-0.05, 0) is 18.2 Å². The Kier molecular flexibility index (Phi) is 5.55. The zero-order valence-electron chi connectivity index (χ0n) is 8.41. The lowest BCUT2D eigenvalue weighted by Crippen LogP contribution is -1.93. The number of hydrogen-bond donors (Lipinski definition) is 0. The number of hydrogen-bond acceptors (Lipinski definition) is 3. The molecular formula is C11H9Cl3O3. The van der Waals surface area contributed by atoms with Gasteiger partial charge in [0, 0.05) is 22.9 Å². The topological polar surface area (TPSA) is 43.4 Å². The highest BCUT2D eigenvalue weighted by molar-refractivity contribution is 5.92. The average molecular weight is 296 g/mol. The first-order valence-electron chi connectivity index (χ1n) is 4.24. The lowest BCUT2D eigenvalue weighted by atomic mass is 10.2. The fraction of sp³-hybridized carbons (Fsp3) is 0. The molecule has 0 saturated heterocycles. The normalized spacial score (nSPS) is 9.18. The van der Waals surface area contributed by atoms with E-state index in [0.717, 1.165) is 16.4 Å². The van der Waals surface area contributed by atoms with Gasteiger partial charge in [-0.25, -0.2) is 4.79 Å². The average Bonchev–Trinajstić information content (AvgIpc) is 2.61. The van der Waals surface area contributed by atoms with Crippen LogP contribution in [0, 0.1) is 0 Å². The van der Waals surface area contributed by atoms with Gasteiger partial charge in [-0.3, -0.25) is 0 Å². The van der Waals surface area contributed by atoms with E-state index < -0.39 is 0 Å². The zero-order valence-corrected chi connectivity index (χ0v) is 10.9. The maximum absolute atomic E-state index is 11.0. The summed E-state index contributed by atoms with van der Waals surface area (Å²) in [6.07, 6.45) is 1.61. The Balaban J connectivity index is 0.000000853. The fourth-order valence-electron chi connectivity index (χ4n) is 1.53. The van der Waals surface area contributed by atoms with Crippen LogP contribution in [-0.4, -0.2) is 0 Å². The largest absolute Gasteiger partial charge is 0.464 e. The highest BCUT2D eigenvalue weighted by atomic mass is 35.5. The van der Waals surface area contributed by atoms with E-state index in [9.17, 15) is 4.79 Å². The van der Waals surface area contributed by atoms with Crippen molar-refractivity contribution >= 4 is 59.2 Å². The molecular weight excluding hydrogens is 286 g/mol. The Morgan fingerprint density at radius 3 is 2.29 bits per heavy atom. The fourth-order valence-corrected chi connectivity index (χ4v) is 1.53. The van der Waals surface area contributed by atoms with Gasteiger partial charge < -0.3 is 8.83 Å². The summed E-state index contributed by atoms with van der Waals surface area (Å²) in [5.74, 6) is 0. The number of furan rings is 1. The van der Waals surface area contributed by atoms with Crippen LogP contribution < -0.4 is 5.63 Å². The minimum atomic E-state index is -0.344. The van der Waals surface area contributed by atoms with Gasteiger partial charge in [0.1, 0.15) is 11.2 Å². The molecule has 6 heteroatoms. The minimum Gasteiger partial charge on any atom is -0.464 e. The van der Waals surface area contributed by atoms with Crippen LogP contribution in [0.2, 0.25) is 0 Å². The molecule has 0 spiro atoms. The van der Waals surface area contributed by atoms with E-state index in [1.165, 1.54) is 6.07 Å². The summed E-state index contributed by atoms with van der Waals surface area (Å²) < 4.78 is 10.2. The molecule has 17 heavy (non-hydrogen) atoms. The van der Waals surface area contributed by atoms with Crippen molar-refractivity contribution in [1.82, 2.24) is 0 Å². The molecule has 0 aliphatic carbocycles. The summed E-state index contributed by atoms with van der Waals surface area (Å²) in [5.41, 5.74) is 0.940. The van der Waals surface area contributed by atoms with E-state index >= 15 is 0 Å². The Morgan fingerprint density at radius 2 is 1.53 bits per heavy atom. The van der Waals surface area contributed by atoms with Gasteiger partial charge in [-0.2, -0.15) is 0 Å². The van der Waals surface area contributed by atoms with Crippen molar-refractivity contribution in [3.8, 4) is 0 Å². The minimum absolute atomic E-state index is 0. The SMILES string of the molecule is Cl.Cl.Cl.O=c1ccc2cc3ccoc3cc2o1. The van der Waals surface area contributed by atoms with E-state index in [0.29, 0.717) is 5.58 Å². The molecule has 0 bridgehead atoms. The lowest BCUT2D eigenvalue weighted by Gasteiger charge is -1.94. The molecule has 0 atom stereocenters. The van der Waals surface area contributed by atoms with Gasteiger partial charge in [-0.15, -0.1) is 37.2 Å². The second-order valence-electron chi connectivity index (χ2n) is 3.10. The smallest absolute Gasteiger partial charge is 0.336 e. The predicted octanol–water partition coefficient (Wildman–Crippen LogP) is 3.80. The van der Waals surface area contributed by atoms with Gasteiger partial charge in [0.15, 0.2) is 0 Å². The Morgan fingerprint density at radius 1 is 0.824 bits per heavy atom. The molecule has 0 saturated carbocycles. The summed E-state index contributed by atoms with van der Waals surface area (Å²) in [5, 5.41) is 1.91. The van der Waals surface area contributed by atoms with Crippen LogP contribution in [0.25, 0.3) is 21.9 Å². The standard InChI is InChI=1S/C11H6O3.3ClH/c12-11-2-1-7-5-8-3-4-13-9(8)6-10(7)14-11;;;/h1-6H;3*1H. The van der Waals surface area contributed by atoms with E-state index in [4.69, 9.17) is 8.83 Å². The Labute approximate surface area is 115 Å². The summed E-state index contributed by atoms with van der Waals surface area (Å²) in [4.78, 5) is 11.0. The predicted molar refractivity (Wildman–Crippen MR) is 74.0 cm³/mol. The third kappa shape index (κ3) is 2.75. The highest BCUT2D eigenvalue weighted by Gasteiger charge is 2.01. The van der Waals surface area contributed by atoms with E-state index in [1.54, 1.807) is 18.4 Å². The van der Waals surface area contributed by atoms with Crippen molar-refractivity contribution in [2.24, 2.45) is 0 Å². The molecule has 3 nitrogen and oxygen atoms in total. The quantitative estimate of drug-likeness (QED) is 0.592. The Hall–Kier alpha value is -1.16. The van der Waals surface area contributed by atoms with Gasteiger partial charge in [-0.1, -0.05) is 0 Å². The van der Waals surface area contributed by atoms with E-state index in [-0.39, 0.29) is 42.8 Å². The molecule has 92 valence electrons. The van der Waals surface area contributed by atoms with Crippen LogP contribution in [0.3, 0.4) is 0 Å². The molecule has 0 amide bonds. The summed E-state index contributed by atoms with van der Waals surface area (Å²) in [7, 11) is 0. The van der Waals surface area contributed by atoms with Gasteiger partial charge >= 0.3 is 5.63 Å². The van der Waals surface area contributed by atoms with Crippen molar-refractivity contribution in [3.05, 3.63) is 47.0 Å². The number of rotatable bonds is 0. The monoisotopic (exact) mass is 294 g/mol. The molecule has 0 aliphatic heterocycles. The summed E-state index contributed by atoms with van der Waals surface area (Å²) in [6, 6.07) is 8.69. The van der Waals surface area contributed by atoms with Crippen molar-refractivity contribution in [2.45, 2.75) is 0 Å². The van der Waals surface area contributed by atoms with Crippen LogP contribution in [0.4, 0.5) is 0 Å². The van der Waals surface area contributed by atoms with Gasteiger partial charge in [0.05, 0.1) is 6.26 Å². The van der Waals surface area contributed by atoms with Crippen molar-refractivity contribution < 1.29 is 8.83 Å². The van der Waals surface area contributed by atoms with Gasteiger partial charge in [0.25, 0.3) is 0 Å². The third-order valence-corrected chi connectivity index (χ3v) is 2.19. The van der Waals surface area contributed by atoms with Crippen molar-refractivity contribution in [1.29, 1.82) is 0 Å². The van der Waals surface area contributed by atoms with Crippen LogP contribution in [0.1, 0.15) is 0 Å². The van der Waals surface area contributed by atoms with E-state index in [1.807, 2.05) is 12.1 Å². The molecule has 0 aliphatic rings. The van der Waals surface area contributed by atoms with Crippen molar-refractivity contribution in [3.63, 3.8) is 0 Å².